The van der Waals surface area contributed by atoms with Crippen LogP contribution in [0.4, 0.5) is 5.69 Å². The number of fused-ring (bicyclic) bond motifs is 1. The molecule has 1 fully saturated rings. The van der Waals surface area contributed by atoms with Gasteiger partial charge in [-0.05, 0) is 44.4 Å². The predicted molar refractivity (Wildman–Crippen MR) is 98.1 cm³/mol. The Morgan fingerprint density at radius 1 is 1.42 bits per heavy atom. The minimum atomic E-state index is -0.113. The number of carbonyl (C=O) groups is 1. The molecule has 1 unspecified atom stereocenters. The van der Waals surface area contributed by atoms with E-state index in [9.17, 15) is 4.79 Å². The van der Waals surface area contributed by atoms with Crippen molar-refractivity contribution in [2.45, 2.75) is 39.2 Å². The predicted octanol–water partition coefficient (Wildman–Crippen LogP) is 2.45. The van der Waals surface area contributed by atoms with Gasteiger partial charge < -0.3 is 10.6 Å². The first-order valence-corrected chi connectivity index (χ1v) is 8.67. The SMILES string of the molecule is CCc1nc2ccc(C)cc2cc1N(C)C(=O)C1CCCN1CN. The molecule has 1 saturated heterocycles. The van der Waals surface area contributed by atoms with Gasteiger partial charge in [-0.15, -0.1) is 0 Å². The number of carbonyl (C=O) groups excluding carboxylic acids is 1. The summed E-state index contributed by atoms with van der Waals surface area (Å²) in [5, 5.41) is 1.07. The fourth-order valence-electron chi connectivity index (χ4n) is 3.54. The van der Waals surface area contributed by atoms with E-state index in [1.807, 2.05) is 13.1 Å². The first kappa shape index (κ1) is 16.9. The van der Waals surface area contributed by atoms with Gasteiger partial charge in [0.1, 0.15) is 0 Å². The van der Waals surface area contributed by atoms with Crippen molar-refractivity contribution < 1.29 is 4.79 Å². The Bertz CT molecular complexity index is 758. The fourth-order valence-corrected chi connectivity index (χ4v) is 3.54. The van der Waals surface area contributed by atoms with E-state index in [-0.39, 0.29) is 11.9 Å². The number of aryl methyl sites for hydroxylation is 2. The Hall–Kier alpha value is -1.98. The first-order chi connectivity index (χ1) is 11.5. The smallest absolute Gasteiger partial charge is 0.244 e. The summed E-state index contributed by atoms with van der Waals surface area (Å²) in [6.07, 6.45) is 2.70. The van der Waals surface area contributed by atoms with Crippen LogP contribution >= 0.6 is 0 Å². The molecule has 5 nitrogen and oxygen atoms in total. The molecule has 24 heavy (non-hydrogen) atoms. The largest absolute Gasteiger partial charge is 0.318 e. The van der Waals surface area contributed by atoms with Crippen molar-refractivity contribution in [1.82, 2.24) is 9.88 Å². The fraction of sp³-hybridized carbons (Fsp3) is 0.474. The maximum absolute atomic E-state index is 13.0. The monoisotopic (exact) mass is 326 g/mol. The summed E-state index contributed by atoms with van der Waals surface area (Å²) in [6.45, 7) is 5.47. The van der Waals surface area contributed by atoms with E-state index in [2.05, 4.69) is 36.9 Å². The lowest BCUT2D eigenvalue weighted by Gasteiger charge is -2.28. The highest BCUT2D eigenvalue weighted by atomic mass is 16.2. The van der Waals surface area contributed by atoms with Crippen molar-refractivity contribution >= 4 is 22.5 Å². The lowest BCUT2D eigenvalue weighted by Crippen LogP contribution is -2.46. The maximum Gasteiger partial charge on any atom is 0.244 e. The minimum absolute atomic E-state index is 0.112. The number of hydrogen-bond acceptors (Lipinski definition) is 4. The highest BCUT2D eigenvalue weighted by Crippen LogP contribution is 2.27. The van der Waals surface area contributed by atoms with Gasteiger partial charge in [0, 0.05) is 25.6 Å². The van der Waals surface area contributed by atoms with Gasteiger partial charge in [0.25, 0.3) is 0 Å². The summed E-state index contributed by atoms with van der Waals surface area (Å²) in [5.74, 6) is 0.112. The molecule has 2 aromatic rings. The number of pyridine rings is 1. The number of nitrogens with two attached hydrogens (primary N) is 1. The number of likely N-dealkylation sites (N-methyl/N-ethyl adjacent to an activating group) is 1. The number of amides is 1. The van der Waals surface area contributed by atoms with E-state index in [0.717, 1.165) is 48.1 Å². The highest BCUT2D eigenvalue weighted by molar-refractivity contribution is 5.99. The summed E-state index contributed by atoms with van der Waals surface area (Å²) in [6, 6.07) is 8.21. The van der Waals surface area contributed by atoms with E-state index in [0.29, 0.717) is 6.67 Å². The van der Waals surface area contributed by atoms with Crippen molar-refractivity contribution in [3.05, 3.63) is 35.5 Å². The molecule has 1 amide bonds. The van der Waals surface area contributed by atoms with E-state index in [1.54, 1.807) is 4.90 Å². The Kier molecular flexibility index (Phi) is 4.83. The molecule has 0 aliphatic carbocycles. The summed E-state index contributed by atoms with van der Waals surface area (Å²) >= 11 is 0. The quantitative estimate of drug-likeness (QED) is 0.937. The van der Waals surface area contributed by atoms with Gasteiger partial charge in [-0.3, -0.25) is 14.7 Å². The first-order valence-electron chi connectivity index (χ1n) is 8.67. The third-order valence-corrected chi connectivity index (χ3v) is 4.94. The average molecular weight is 326 g/mol. The summed E-state index contributed by atoms with van der Waals surface area (Å²) in [5.41, 5.74) is 9.83. The van der Waals surface area contributed by atoms with Crippen LogP contribution in [0.2, 0.25) is 0 Å². The standard InChI is InChI=1S/C19H26N4O/c1-4-15-18(11-14-10-13(2)7-8-16(14)21-15)22(3)19(24)17-6-5-9-23(17)12-20/h7-8,10-11,17H,4-6,9,12,20H2,1-3H3. The lowest BCUT2D eigenvalue weighted by molar-refractivity contribution is -0.122. The molecule has 0 radical (unpaired) electrons. The Balaban J connectivity index is 1.98. The molecule has 3 rings (SSSR count). The maximum atomic E-state index is 13.0. The van der Waals surface area contributed by atoms with E-state index in [4.69, 9.17) is 10.7 Å². The summed E-state index contributed by atoms with van der Waals surface area (Å²) in [7, 11) is 1.85. The number of hydrogen-bond donors (Lipinski definition) is 1. The van der Waals surface area contributed by atoms with Crippen molar-refractivity contribution in [1.29, 1.82) is 0 Å². The Morgan fingerprint density at radius 3 is 2.92 bits per heavy atom. The molecule has 1 aliphatic rings. The molecule has 5 heteroatoms. The van der Waals surface area contributed by atoms with Crippen molar-refractivity contribution in [3.63, 3.8) is 0 Å². The third kappa shape index (κ3) is 3.01. The molecule has 1 aromatic carbocycles. The van der Waals surface area contributed by atoms with Gasteiger partial charge in [0.05, 0.1) is 22.9 Å². The Morgan fingerprint density at radius 2 is 2.21 bits per heavy atom. The molecule has 128 valence electrons. The van der Waals surface area contributed by atoms with Gasteiger partial charge in [0.2, 0.25) is 5.91 Å². The highest BCUT2D eigenvalue weighted by Gasteiger charge is 2.32. The zero-order valence-corrected chi connectivity index (χ0v) is 14.7. The topological polar surface area (TPSA) is 62.5 Å². The molecule has 2 N–H and O–H groups in total. The number of rotatable bonds is 4. The van der Waals surface area contributed by atoms with Crippen molar-refractivity contribution in [2.24, 2.45) is 5.73 Å². The van der Waals surface area contributed by atoms with Crippen LogP contribution in [-0.2, 0) is 11.2 Å². The zero-order valence-electron chi connectivity index (χ0n) is 14.7. The van der Waals surface area contributed by atoms with Gasteiger partial charge in [-0.1, -0.05) is 18.6 Å². The van der Waals surface area contributed by atoms with Gasteiger partial charge in [0.15, 0.2) is 0 Å². The molecule has 1 atom stereocenters. The van der Waals surface area contributed by atoms with Crippen LogP contribution < -0.4 is 10.6 Å². The van der Waals surface area contributed by atoms with E-state index >= 15 is 0 Å². The normalized spacial score (nSPS) is 18.2. The second-order valence-electron chi connectivity index (χ2n) is 6.55. The zero-order chi connectivity index (χ0) is 17.3. The number of benzene rings is 1. The molecule has 1 aromatic heterocycles. The molecular formula is C19H26N4O. The third-order valence-electron chi connectivity index (χ3n) is 4.94. The van der Waals surface area contributed by atoms with Crippen LogP contribution in [0.25, 0.3) is 10.9 Å². The molecule has 0 saturated carbocycles. The molecule has 1 aliphatic heterocycles. The number of aromatic nitrogens is 1. The lowest BCUT2D eigenvalue weighted by atomic mass is 10.1. The van der Waals surface area contributed by atoms with Crippen LogP contribution in [0.1, 0.15) is 31.0 Å². The molecule has 2 heterocycles. The number of nitrogens with zero attached hydrogens (tertiary/aromatic N) is 3. The van der Waals surface area contributed by atoms with Gasteiger partial charge in [-0.2, -0.15) is 0 Å². The number of anilines is 1. The second-order valence-corrected chi connectivity index (χ2v) is 6.55. The minimum Gasteiger partial charge on any atom is -0.318 e. The van der Waals surface area contributed by atoms with Gasteiger partial charge >= 0.3 is 0 Å². The van der Waals surface area contributed by atoms with Gasteiger partial charge in [-0.25, -0.2) is 0 Å². The van der Waals surface area contributed by atoms with Crippen LogP contribution in [0.5, 0.6) is 0 Å². The average Bonchev–Trinajstić information content (AvgIpc) is 3.07. The van der Waals surface area contributed by atoms with Crippen LogP contribution in [0.3, 0.4) is 0 Å². The van der Waals surface area contributed by atoms with Crippen LogP contribution in [0.15, 0.2) is 24.3 Å². The molecule has 0 spiro atoms. The van der Waals surface area contributed by atoms with E-state index < -0.39 is 0 Å². The van der Waals surface area contributed by atoms with E-state index in [1.165, 1.54) is 5.56 Å². The Labute approximate surface area is 143 Å². The summed E-state index contributed by atoms with van der Waals surface area (Å²) < 4.78 is 0. The molecular weight excluding hydrogens is 300 g/mol. The van der Waals surface area contributed by atoms with Crippen LogP contribution in [0, 0.1) is 6.92 Å². The van der Waals surface area contributed by atoms with Crippen LogP contribution in [-0.4, -0.2) is 42.1 Å². The molecule has 0 bridgehead atoms. The van der Waals surface area contributed by atoms with Crippen molar-refractivity contribution in [3.8, 4) is 0 Å². The second kappa shape index (κ2) is 6.87. The number of likely N-dealkylation sites (tertiary alicyclic amines) is 1. The summed E-state index contributed by atoms with van der Waals surface area (Å²) in [4.78, 5) is 21.6. The van der Waals surface area contributed by atoms with Crippen molar-refractivity contribution in [2.75, 3.05) is 25.2 Å².